The van der Waals surface area contributed by atoms with Crippen LogP contribution in [0.15, 0.2) is 81.7 Å². The Morgan fingerprint density at radius 2 is 0.906 bits per heavy atom. The Kier molecular flexibility index (Phi) is 8.08. The lowest BCUT2D eigenvalue weighted by atomic mass is 10.1. The predicted octanol–water partition coefficient (Wildman–Crippen LogP) is 5.29. The Hall–Kier alpha value is -3.10. The number of rotatable bonds is 8. The van der Waals surface area contributed by atoms with E-state index in [1.807, 2.05) is 0 Å². The van der Waals surface area contributed by atoms with E-state index in [4.69, 9.17) is 9.47 Å². The lowest BCUT2D eigenvalue weighted by Crippen LogP contribution is -2.19. The zero-order chi connectivity index (χ0) is 23.1. The van der Waals surface area contributed by atoms with Crippen LogP contribution in [-0.4, -0.2) is 36.7 Å². The third-order valence-corrected chi connectivity index (χ3v) is 5.43. The summed E-state index contributed by atoms with van der Waals surface area (Å²) in [6.45, 7) is -0.961. The lowest BCUT2D eigenvalue weighted by molar-refractivity contribution is 0.0439. The molecule has 0 aliphatic rings. The van der Waals surface area contributed by atoms with E-state index in [9.17, 15) is 19.2 Å². The molecule has 162 valence electrons. The van der Waals surface area contributed by atoms with Gasteiger partial charge >= 0.3 is 11.9 Å². The third-order valence-electron chi connectivity index (χ3n) is 4.37. The van der Waals surface area contributed by atoms with Gasteiger partial charge in [-0.1, -0.05) is 68.3 Å². The summed E-state index contributed by atoms with van der Waals surface area (Å²) in [7, 11) is 0. The van der Waals surface area contributed by atoms with E-state index in [1.165, 1.54) is 12.1 Å². The molecule has 0 atom stereocenters. The minimum absolute atomic E-state index is 0.0582. The number of esters is 2. The van der Waals surface area contributed by atoms with E-state index >= 15 is 0 Å². The van der Waals surface area contributed by atoms with Gasteiger partial charge in [-0.15, -0.1) is 0 Å². The number of ketones is 2. The van der Waals surface area contributed by atoms with E-state index in [0.717, 1.165) is 8.95 Å². The van der Waals surface area contributed by atoms with Gasteiger partial charge in [0.1, 0.15) is 0 Å². The smallest absolute Gasteiger partial charge is 0.339 e. The van der Waals surface area contributed by atoms with Gasteiger partial charge in [0.2, 0.25) is 0 Å². The van der Waals surface area contributed by atoms with Gasteiger partial charge in [0, 0.05) is 20.1 Å². The second-order valence-corrected chi connectivity index (χ2v) is 8.39. The van der Waals surface area contributed by atoms with Crippen LogP contribution in [0.25, 0.3) is 0 Å². The van der Waals surface area contributed by atoms with E-state index < -0.39 is 25.2 Å². The van der Waals surface area contributed by atoms with Crippen molar-refractivity contribution >= 4 is 55.4 Å². The fourth-order valence-corrected chi connectivity index (χ4v) is 3.22. The predicted molar refractivity (Wildman–Crippen MR) is 124 cm³/mol. The number of carbonyl (C=O) groups excluding carboxylic acids is 4. The summed E-state index contributed by atoms with van der Waals surface area (Å²) >= 11 is 6.57. The van der Waals surface area contributed by atoms with Crippen LogP contribution in [0.1, 0.15) is 41.4 Å². The molecular weight excluding hydrogens is 544 g/mol. The van der Waals surface area contributed by atoms with Crippen LogP contribution < -0.4 is 0 Å². The Morgan fingerprint density at radius 3 is 1.25 bits per heavy atom. The summed E-state index contributed by atoms with van der Waals surface area (Å²) in [6, 6.07) is 19.1. The summed E-state index contributed by atoms with van der Waals surface area (Å²) in [5.41, 5.74) is 0.662. The molecule has 0 saturated heterocycles. The van der Waals surface area contributed by atoms with E-state index in [2.05, 4.69) is 31.9 Å². The molecule has 0 saturated carbocycles. The van der Waals surface area contributed by atoms with Crippen molar-refractivity contribution in [3.63, 3.8) is 0 Å². The summed E-state index contributed by atoms with van der Waals surface area (Å²) in [5, 5.41) is 0. The van der Waals surface area contributed by atoms with Gasteiger partial charge < -0.3 is 9.47 Å². The highest BCUT2D eigenvalue weighted by atomic mass is 79.9. The Morgan fingerprint density at radius 1 is 0.562 bits per heavy atom. The van der Waals surface area contributed by atoms with E-state index in [-0.39, 0.29) is 22.7 Å². The molecule has 0 fully saturated rings. The van der Waals surface area contributed by atoms with E-state index in [0.29, 0.717) is 11.1 Å². The number of carbonyl (C=O) groups is 4. The molecule has 0 aromatic heterocycles. The normalized spacial score (nSPS) is 10.3. The van der Waals surface area contributed by atoms with Gasteiger partial charge in [-0.3, -0.25) is 9.59 Å². The quantitative estimate of drug-likeness (QED) is 0.275. The molecule has 0 aliphatic heterocycles. The highest BCUT2D eigenvalue weighted by Crippen LogP contribution is 2.15. The van der Waals surface area contributed by atoms with Crippen LogP contribution in [0.2, 0.25) is 0 Å². The molecule has 3 aromatic carbocycles. The van der Waals surface area contributed by atoms with Crippen molar-refractivity contribution < 1.29 is 28.7 Å². The van der Waals surface area contributed by atoms with Gasteiger partial charge in [-0.25, -0.2) is 9.59 Å². The van der Waals surface area contributed by atoms with Crippen LogP contribution in [0, 0.1) is 0 Å². The molecule has 0 spiro atoms. The molecular formula is C24H16Br2O6. The van der Waals surface area contributed by atoms with Crippen molar-refractivity contribution in [2.24, 2.45) is 0 Å². The SMILES string of the molecule is O=C(COC(=O)c1ccccc1C(=O)OCC(=O)c1ccc(Br)cc1)c1ccc(Br)cc1. The highest BCUT2D eigenvalue weighted by molar-refractivity contribution is 9.10. The largest absolute Gasteiger partial charge is 0.454 e. The van der Waals surface area contributed by atoms with Gasteiger partial charge in [-0.05, 0) is 36.4 Å². The van der Waals surface area contributed by atoms with E-state index in [1.54, 1.807) is 60.7 Å². The molecule has 0 N–H and O–H groups in total. The first-order valence-electron chi connectivity index (χ1n) is 9.36. The van der Waals surface area contributed by atoms with Gasteiger partial charge in [0.05, 0.1) is 11.1 Å². The zero-order valence-electron chi connectivity index (χ0n) is 16.5. The first-order chi connectivity index (χ1) is 15.3. The fourth-order valence-electron chi connectivity index (χ4n) is 2.70. The Balaban J connectivity index is 1.62. The summed E-state index contributed by atoms with van der Waals surface area (Å²) in [4.78, 5) is 49.4. The average Bonchev–Trinajstić information content (AvgIpc) is 2.81. The molecule has 0 unspecified atom stereocenters. The van der Waals surface area contributed by atoms with Crippen LogP contribution in [0.3, 0.4) is 0 Å². The second kappa shape index (κ2) is 11.0. The number of ether oxygens (including phenoxy) is 2. The van der Waals surface area contributed by atoms with Crippen LogP contribution >= 0.6 is 31.9 Å². The highest BCUT2D eigenvalue weighted by Gasteiger charge is 2.21. The average molecular weight is 560 g/mol. The molecule has 32 heavy (non-hydrogen) atoms. The van der Waals surface area contributed by atoms with Crippen LogP contribution in [0.5, 0.6) is 0 Å². The van der Waals surface area contributed by atoms with Crippen molar-refractivity contribution in [1.29, 1.82) is 0 Å². The summed E-state index contributed by atoms with van der Waals surface area (Å²) < 4.78 is 11.8. The first kappa shape index (κ1) is 23.6. The third kappa shape index (κ3) is 6.21. The molecule has 3 rings (SSSR count). The number of Topliss-reactive ketones (excluding diaryl/α,β-unsaturated/α-hetero) is 2. The van der Waals surface area contributed by atoms with Crippen molar-refractivity contribution in [1.82, 2.24) is 0 Å². The lowest BCUT2D eigenvalue weighted by Gasteiger charge is -2.09. The van der Waals surface area contributed by atoms with Crippen LogP contribution in [-0.2, 0) is 9.47 Å². The molecule has 8 heteroatoms. The maximum atomic E-state index is 12.5. The van der Waals surface area contributed by atoms with Gasteiger partial charge in [0.15, 0.2) is 24.8 Å². The molecule has 0 heterocycles. The summed E-state index contributed by atoms with van der Waals surface area (Å²) in [6.07, 6.45) is 0. The zero-order valence-corrected chi connectivity index (χ0v) is 19.7. The first-order valence-corrected chi connectivity index (χ1v) is 10.9. The summed E-state index contributed by atoms with van der Waals surface area (Å²) in [5.74, 6) is -2.46. The van der Waals surface area contributed by atoms with Crippen molar-refractivity contribution in [2.75, 3.05) is 13.2 Å². The second-order valence-electron chi connectivity index (χ2n) is 6.56. The maximum absolute atomic E-state index is 12.5. The Bertz CT molecular complexity index is 1060. The van der Waals surface area contributed by atoms with Gasteiger partial charge in [-0.2, -0.15) is 0 Å². The molecule has 0 bridgehead atoms. The molecule has 0 radical (unpaired) electrons. The molecule has 3 aromatic rings. The fraction of sp³-hybridized carbons (Fsp3) is 0.0833. The van der Waals surface area contributed by atoms with Crippen molar-refractivity contribution in [3.8, 4) is 0 Å². The number of halogens is 2. The Labute approximate surface area is 200 Å². The number of hydrogen-bond acceptors (Lipinski definition) is 6. The molecule has 0 aliphatic carbocycles. The maximum Gasteiger partial charge on any atom is 0.339 e. The standard InChI is InChI=1S/C24H16Br2O6/c25-17-9-5-15(6-10-17)21(27)13-31-23(29)19-3-1-2-4-20(19)24(30)32-14-22(28)16-7-11-18(26)12-8-16/h1-12H,13-14H2. The topological polar surface area (TPSA) is 86.7 Å². The van der Waals surface area contributed by atoms with Crippen LogP contribution in [0.4, 0.5) is 0 Å². The molecule has 0 amide bonds. The van der Waals surface area contributed by atoms with Crippen molar-refractivity contribution in [2.45, 2.75) is 0 Å². The van der Waals surface area contributed by atoms with Crippen molar-refractivity contribution in [3.05, 3.63) is 104 Å². The number of hydrogen-bond donors (Lipinski definition) is 0. The minimum Gasteiger partial charge on any atom is -0.454 e. The minimum atomic E-state index is -0.845. The number of benzene rings is 3. The molecule has 6 nitrogen and oxygen atoms in total. The monoisotopic (exact) mass is 558 g/mol. The van der Waals surface area contributed by atoms with Gasteiger partial charge in [0.25, 0.3) is 0 Å².